The average Bonchev–Trinajstić information content (AvgIpc) is 2.06. The van der Waals surface area contributed by atoms with Gasteiger partial charge in [0.15, 0.2) is 0 Å². The molecule has 1 rings (SSSR count). The van der Waals surface area contributed by atoms with Crippen LogP contribution in [-0.2, 0) is 9.24 Å². The highest BCUT2D eigenvalue weighted by Crippen LogP contribution is 2.42. The Kier molecular flexibility index (Phi) is 2.83. The highest BCUT2D eigenvalue weighted by atomic mass is 31.2. The van der Waals surface area contributed by atoms with Gasteiger partial charge < -0.3 is 4.52 Å². The first-order valence-corrected chi connectivity index (χ1v) is 4.54. The van der Waals surface area contributed by atoms with E-state index < -0.39 is 7.82 Å². The molecule has 0 aromatic heterocycles. The minimum atomic E-state index is -4.34. The van der Waals surface area contributed by atoms with Gasteiger partial charge in [0.2, 0.25) is 0 Å². The SMILES string of the molecule is O=P(O)(OO)Oc1ccccc1. The normalized spacial score (nSPS) is 15.2. The third-order valence-corrected chi connectivity index (χ3v) is 1.72. The van der Waals surface area contributed by atoms with Crippen LogP contribution in [0.5, 0.6) is 5.75 Å². The zero-order valence-electron chi connectivity index (χ0n) is 5.95. The Morgan fingerprint density at radius 3 is 2.33 bits per heavy atom. The summed E-state index contributed by atoms with van der Waals surface area (Å²) in [4.78, 5) is 8.64. The molecule has 0 aliphatic rings. The van der Waals surface area contributed by atoms with E-state index in [1.807, 2.05) is 0 Å². The number of benzene rings is 1. The van der Waals surface area contributed by atoms with Gasteiger partial charge in [-0.1, -0.05) is 18.2 Å². The van der Waals surface area contributed by atoms with E-state index in [2.05, 4.69) is 9.20 Å². The fourth-order valence-electron chi connectivity index (χ4n) is 0.631. The lowest BCUT2D eigenvalue weighted by atomic mass is 10.3. The third-order valence-electron chi connectivity index (χ3n) is 1.07. The minimum absolute atomic E-state index is 0.150. The Balaban J connectivity index is 2.71. The van der Waals surface area contributed by atoms with E-state index in [1.165, 1.54) is 12.1 Å². The highest BCUT2D eigenvalue weighted by Gasteiger charge is 2.22. The van der Waals surface area contributed by atoms with Gasteiger partial charge in [-0.05, 0) is 12.1 Å². The van der Waals surface area contributed by atoms with Crippen LogP contribution >= 0.6 is 7.82 Å². The van der Waals surface area contributed by atoms with Crippen molar-refractivity contribution >= 4 is 7.82 Å². The molecule has 0 bridgehead atoms. The van der Waals surface area contributed by atoms with Crippen LogP contribution in [-0.4, -0.2) is 10.2 Å². The molecule has 1 aromatic rings. The predicted molar refractivity (Wildman–Crippen MR) is 40.6 cm³/mol. The van der Waals surface area contributed by atoms with Crippen LogP contribution in [0.15, 0.2) is 30.3 Å². The molecule has 0 amide bonds. The lowest BCUT2D eigenvalue weighted by Crippen LogP contribution is -1.93. The van der Waals surface area contributed by atoms with Gasteiger partial charge in [-0.15, -0.1) is 4.67 Å². The van der Waals surface area contributed by atoms with Crippen molar-refractivity contribution in [2.75, 3.05) is 0 Å². The van der Waals surface area contributed by atoms with Gasteiger partial charge in [0.25, 0.3) is 0 Å². The van der Waals surface area contributed by atoms with Gasteiger partial charge in [0, 0.05) is 0 Å². The van der Waals surface area contributed by atoms with Crippen LogP contribution in [0, 0.1) is 0 Å². The molecular weight excluding hydrogens is 183 g/mol. The monoisotopic (exact) mass is 190 g/mol. The summed E-state index contributed by atoms with van der Waals surface area (Å²) in [5.41, 5.74) is 0. The van der Waals surface area contributed by atoms with Gasteiger partial charge in [-0.3, -0.25) is 4.89 Å². The number of hydrogen-bond acceptors (Lipinski definition) is 4. The Labute approximate surface area is 68.7 Å². The molecule has 0 heterocycles. The van der Waals surface area contributed by atoms with Crippen LogP contribution in [0.3, 0.4) is 0 Å². The van der Waals surface area contributed by atoms with Crippen molar-refractivity contribution in [2.45, 2.75) is 0 Å². The summed E-state index contributed by atoms with van der Waals surface area (Å²) in [5, 5.41) is 7.92. The molecule has 0 radical (unpaired) electrons. The van der Waals surface area contributed by atoms with Gasteiger partial charge in [-0.25, -0.2) is 9.82 Å². The first-order chi connectivity index (χ1) is 5.64. The van der Waals surface area contributed by atoms with Crippen LogP contribution < -0.4 is 4.52 Å². The molecule has 0 saturated heterocycles. The summed E-state index contributed by atoms with van der Waals surface area (Å²) in [7, 11) is -4.34. The molecule has 1 atom stereocenters. The number of para-hydroxylation sites is 1. The zero-order valence-corrected chi connectivity index (χ0v) is 6.85. The first kappa shape index (κ1) is 9.22. The molecule has 1 aromatic carbocycles. The molecule has 6 heteroatoms. The molecule has 2 N–H and O–H groups in total. The van der Waals surface area contributed by atoms with Crippen molar-refractivity contribution in [3.63, 3.8) is 0 Å². The fraction of sp³-hybridized carbons (Fsp3) is 0. The molecule has 0 spiro atoms. The largest absolute Gasteiger partial charge is 0.555 e. The van der Waals surface area contributed by atoms with Crippen molar-refractivity contribution in [3.8, 4) is 5.75 Å². The second-order valence-corrected chi connectivity index (χ2v) is 3.24. The molecular formula is C6H7O5P. The highest BCUT2D eigenvalue weighted by molar-refractivity contribution is 7.47. The summed E-state index contributed by atoms with van der Waals surface area (Å²) >= 11 is 0. The lowest BCUT2D eigenvalue weighted by molar-refractivity contribution is -0.156. The summed E-state index contributed by atoms with van der Waals surface area (Å²) in [6.07, 6.45) is 0. The Bertz CT molecular complexity index is 285. The van der Waals surface area contributed by atoms with Crippen molar-refractivity contribution in [2.24, 2.45) is 0 Å². The maximum Gasteiger partial charge on any atom is 0.555 e. The molecule has 66 valence electrons. The summed E-state index contributed by atoms with van der Waals surface area (Å²) in [6, 6.07) is 7.87. The van der Waals surface area contributed by atoms with E-state index in [9.17, 15) is 4.57 Å². The van der Waals surface area contributed by atoms with Crippen LogP contribution in [0.2, 0.25) is 0 Å². The summed E-state index contributed by atoms with van der Waals surface area (Å²) in [5.74, 6) is 0.150. The van der Waals surface area contributed by atoms with Gasteiger partial charge in [-0.2, -0.15) is 0 Å². The molecule has 0 aliphatic carbocycles. The standard InChI is InChI=1S/C6H7O5P/c7-11-12(8,9)10-6-4-2-1-3-5-6/h1-5,7H,(H,8,9). The predicted octanol–water partition coefficient (Wildman–Crippen LogP) is 1.66. The average molecular weight is 190 g/mol. The molecule has 0 saturated carbocycles. The summed E-state index contributed by atoms with van der Waals surface area (Å²) < 4.78 is 18.2. The van der Waals surface area contributed by atoms with Crippen LogP contribution in [0.1, 0.15) is 0 Å². The Hall–Kier alpha value is -0.870. The summed E-state index contributed by atoms with van der Waals surface area (Å²) in [6.45, 7) is 0. The molecule has 5 nitrogen and oxygen atoms in total. The number of phosphoric ester groups is 1. The van der Waals surface area contributed by atoms with Crippen molar-refractivity contribution < 1.29 is 23.9 Å². The van der Waals surface area contributed by atoms with E-state index in [0.29, 0.717) is 0 Å². The number of rotatable bonds is 3. The van der Waals surface area contributed by atoms with E-state index >= 15 is 0 Å². The fourth-order valence-corrected chi connectivity index (χ4v) is 1.05. The minimum Gasteiger partial charge on any atom is -0.403 e. The smallest absolute Gasteiger partial charge is 0.403 e. The van der Waals surface area contributed by atoms with Gasteiger partial charge in [0.1, 0.15) is 5.75 Å². The lowest BCUT2D eigenvalue weighted by Gasteiger charge is -2.07. The Morgan fingerprint density at radius 1 is 1.25 bits per heavy atom. The molecule has 0 aliphatic heterocycles. The number of phosphoric acid groups is 1. The molecule has 12 heavy (non-hydrogen) atoms. The first-order valence-electron chi connectivity index (χ1n) is 3.05. The Morgan fingerprint density at radius 2 is 1.83 bits per heavy atom. The second-order valence-electron chi connectivity index (χ2n) is 1.95. The maximum absolute atomic E-state index is 10.6. The van der Waals surface area contributed by atoms with E-state index in [0.717, 1.165) is 0 Å². The van der Waals surface area contributed by atoms with Crippen molar-refractivity contribution in [1.82, 2.24) is 0 Å². The van der Waals surface area contributed by atoms with Crippen LogP contribution in [0.4, 0.5) is 0 Å². The van der Waals surface area contributed by atoms with E-state index in [1.54, 1.807) is 18.2 Å². The quantitative estimate of drug-likeness (QED) is 0.430. The zero-order chi connectivity index (χ0) is 9.03. The topological polar surface area (TPSA) is 76.0 Å². The van der Waals surface area contributed by atoms with Gasteiger partial charge >= 0.3 is 7.82 Å². The van der Waals surface area contributed by atoms with Gasteiger partial charge in [0.05, 0.1) is 0 Å². The van der Waals surface area contributed by atoms with E-state index in [4.69, 9.17) is 10.2 Å². The molecule has 0 fully saturated rings. The van der Waals surface area contributed by atoms with Crippen molar-refractivity contribution in [3.05, 3.63) is 30.3 Å². The van der Waals surface area contributed by atoms with Crippen molar-refractivity contribution in [1.29, 1.82) is 0 Å². The molecule has 1 unspecified atom stereocenters. The maximum atomic E-state index is 10.6. The van der Waals surface area contributed by atoms with E-state index in [-0.39, 0.29) is 5.75 Å². The second kappa shape index (κ2) is 3.69. The number of hydrogen-bond donors (Lipinski definition) is 2. The third kappa shape index (κ3) is 2.64. The van der Waals surface area contributed by atoms with Crippen LogP contribution in [0.25, 0.3) is 0 Å².